The van der Waals surface area contributed by atoms with Gasteiger partial charge in [0.1, 0.15) is 0 Å². The number of aliphatic hydroxyl groups excluding tert-OH is 1. The van der Waals surface area contributed by atoms with Crippen LogP contribution in [0.3, 0.4) is 0 Å². The quantitative estimate of drug-likeness (QED) is 0.912. The minimum absolute atomic E-state index is 0.190. The lowest BCUT2D eigenvalue weighted by Gasteiger charge is -2.18. The summed E-state index contributed by atoms with van der Waals surface area (Å²) in [5, 5.41) is 17.5. The van der Waals surface area contributed by atoms with E-state index in [0.29, 0.717) is 12.0 Å². The molecule has 1 heterocycles. The number of aromatic nitrogens is 2. The van der Waals surface area contributed by atoms with Gasteiger partial charge in [-0.1, -0.05) is 24.3 Å². The first-order chi connectivity index (χ1) is 10.5. The molecule has 1 amide bonds. The van der Waals surface area contributed by atoms with Crippen LogP contribution in [0, 0.1) is 6.92 Å². The molecule has 5 nitrogen and oxygen atoms in total. The molecule has 1 aliphatic rings. The van der Waals surface area contributed by atoms with Crippen molar-refractivity contribution < 1.29 is 9.90 Å². The van der Waals surface area contributed by atoms with E-state index in [1.165, 1.54) is 0 Å². The van der Waals surface area contributed by atoms with Crippen molar-refractivity contribution in [1.82, 2.24) is 15.1 Å². The Bertz CT molecular complexity index is 706. The Morgan fingerprint density at radius 2 is 2.14 bits per heavy atom. The van der Waals surface area contributed by atoms with Gasteiger partial charge in [-0.15, -0.1) is 0 Å². The fourth-order valence-electron chi connectivity index (χ4n) is 3.13. The summed E-state index contributed by atoms with van der Waals surface area (Å²) in [7, 11) is 0. The minimum Gasteiger partial charge on any atom is -0.390 e. The van der Waals surface area contributed by atoms with Crippen LogP contribution in [0.1, 0.15) is 53.1 Å². The summed E-state index contributed by atoms with van der Waals surface area (Å²) in [6, 6.07) is 7.68. The van der Waals surface area contributed by atoms with Crippen LogP contribution in [0.5, 0.6) is 0 Å². The van der Waals surface area contributed by atoms with Gasteiger partial charge >= 0.3 is 0 Å². The van der Waals surface area contributed by atoms with Gasteiger partial charge < -0.3 is 10.4 Å². The first-order valence-corrected chi connectivity index (χ1v) is 7.60. The third kappa shape index (κ3) is 2.41. The lowest BCUT2D eigenvalue weighted by molar-refractivity contribution is 0.0857. The summed E-state index contributed by atoms with van der Waals surface area (Å²) in [6.45, 7) is 5.94. The van der Waals surface area contributed by atoms with Crippen molar-refractivity contribution in [3.05, 3.63) is 52.8 Å². The van der Waals surface area contributed by atoms with Crippen molar-refractivity contribution in [1.29, 1.82) is 0 Å². The van der Waals surface area contributed by atoms with Crippen molar-refractivity contribution in [3.8, 4) is 0 Å². The zero-order valence-electron chi connectivity index (χ0n) is 13.1. The molecule has 0 bridgehead atoms. The molecular weight excluding hydrogens is 278 g/mol. The first kappa shape index (κ1) is 14.8. The molecule has 5 heteroatoms. The average Bonchev–Trinajstić information content (AvgIpc) is 3.00. The second kappa shape index (κ2) is 5.57. The highest BCUT2D eigenvalue weighted by molar-refractivity contribution is 5.95. The van der Waals surface area contributed by atoms with Gasteiger partial charge in [0.2, 0.25) is 0 Å². The van der Waals surface area contributed by atoms with Gasteiger partial charge in [-0.05, 0) is 31.9 Å². The molecule has 2 unspecified atom stereocenters. The van der Waals surface area contributed by atoms with Crippen molar-refractivity contribution in [2.45, 2.75) is 45.4 Å². The molecule has 3 rings (SSSR count). The van der Waals surface area contributed by atoms with E-state index >= 15 is 0 Å². The van der Waals surface area contributed by atoms with Gasteiger partial charge in [-0.25, -0.2) is 0 Å². The maximum atomic E-state index is 12.5. The fourth-order valence-corrected chi connectivity index (χ4v) is 3.13. The molecule has 2 aromatic rings. The third-order valence-electron chi connectivity index (χ3n) is 4.27. The number of carbonyl (C=O) groups excluding carboxylic acids is 1. The third-order valence-corrected chi connectivity index (χ3v) is 4.27. The van der Waals surface area contributed by atoms with E-state index in [0.717, 1.165) is 16.8 Å². The van der Waals surface area contributed by atoms with Crippen LogP contribution in [-0.2, 0) is 6.42 Å². The molecule has 0 saturated carbocycles. The van der Waals surface area contributed by atoms with Crippen LogP contribution in [0.25, 0.3) is 0 Å². The zero-order chi connectivity index (χ0) is 15.9. The summed E-state index contributed by atoms with van der Waals surface area (Å²) >= 11 is 0. The van der Waals surface area contributed by atoms with Gasteiger partial charge in [-0.3, -0.25) is 9.48 Å². The Kier molecular flexibility index (Phi) is 3.74. The molecule has 0 fully saturated rings. The first-order valence-electron chi connectivity index (χ1n) is 7.60. The van der Waals surface area contributed by atoms with Crippen molar-refractivity contribution in [2.24, 2.45) is 0 Å². The topological polar surface area (TPSA) is 67.2 Å². The normalized spacial score (nSPS) is 20.2. The van der Waals surface area contributed by atoms with E-state index in [4.69, 9.17) is 0 Å². The van der Waals surface area contributed by atoms with Crippen LogP contribution in [0.2, 0.25) is 0 Å². The lowest BCUT2D eigenvalue weighted by Crippen LogP contribution is -2.34. The summed E-state index contributed by atoms with van der Waals surface area (Å²) in [6.07, 6.45) is 1.59. The molecule has 1 aromatic heterocycles. The number of nitrogens with one attached hydrogen (secondary N) is 1. The number of fused-ring (bicyclic) bond motifs is 1. The second-order valence-electron chi connectivity index (χ2n) is 6.10. The van der Waals surface area contributed by atoms with E-state index in [2.05, 4.69) is 10.4 Å². The molecule has 0 aliphatic heterocycles. The number of carbonyl (C=O) groups is 1. The molecular formula is C17H21N3O2. The van der Waals surface area contributed by atoms with Gasteiger partial charge in [0.25, 0.3) is 5.91 Å². The Morgan fingerprint density at radius 3 is 2.82 bits per heavy atom. The van der Waals surface area contributed by atoms with Gasteiger partial charge in [-0.2, -0.15) is 5.10 Å². The molecule has 0 saturated heterocycles. The smallest absolute Gasteiger partial charge is 0.255 e. The Morgan fingerprint density at radius 1 is 1.41 bits per heavy atom. The van der Waals surface area contributed by atoms with Crippen LogP contribution in [-0.4, -0.2) is 26.9 Å². The van der Waals surface area contributed by atoms with Crippen molar-refractivity contribution in [3.63, 3.8) is 0 Å². The largest absolute Gasteiger partial charge is 0.390 e. The Balaban J connectivity index is 1.83. The van der Waals surface area contributed by atoms with Crippen LogP contribution < -0.4 is 5.32 Å². The molecule has 22 heavy (non-hydrogen) atoms. The highest BCUT2D eigenvalue weighted by Gasteiger charge is 2.32. The minimum atomic E-state index is -0.582. The molecule has 1 aliphatic carbocycles. The number of hydrogen-bond acceptors (Lipinski definition) is 3. The predicted octanol–water partition coefficient (Wildman–Crippen LogP) is 2.16. The number of aliphatic hydroxyl groups is 1. The van der Waals surface area contributed by atoms with Gasteiger partial charge in [0, 0.05) is 18.2 Å². The summed E-state index contributed by atoms with van der Waals surface area (Å²) < 4.78 is 1.83. The van der Waals surface area contributed by atoms with Crippen molar-refractivity contribution >= 4 is 5.91 Å². The molecule has 1 aromatic carbocycles. The summed E-state index contributed by atoms with van der Waals surface area (Å²) in [5.74, 6) is -0.190. The van der Waals surface area contributed by atoms with Crippen LogP contribution >= 0.6 is 0 Å². The molecule has 0 spiro atoms. The predicted molar refractivity (Wildman–Crippen MR) is 83.7 cm³/mol. The lowest BCUT2D eigenvalue weighted by atomic mass is 10.1. The van der Waals surface area contributed by atoms with Gasteiger partial charge in [0.05, 0.1) is 23.9 Å². The van der Waals surface area contributed by atoms with Crippen LogP contribution in [0.15, 0.2) is 30.5 Å². The van der Waals surface area contributed by atoms with Gasteiger partial charge in [0.15, 0.2) is 0 Å². The summed E-state index contributed by atoms with van der Waals surface area (Å²) in [4.78, 5) is 12.5. The molecule has 2 atom stereocenters. The number of benzene rings is 1. The standard InChI is InChI=1S/C17H21N3O2/c1-10(2)20-11(3)14(9-18-20)17(22)19-16-13-7-5-4-6-12(13)8-15(16)21/h4-7,9-10,15-16,21H,8H2,1-3H3,(H,19,22). The van der Waals surface area contributed by atoms with Crippen molar-refractivity contribution in [2.75, 3.05) is 0 Å². The fraction of sp³-hybridized carbons (Fsp3) is 0.412. The summed E-state index contributed by atoms with van der Waals surface area (Å²) in [5.41, 5.74) is 3.49. The number of rotatable bonds is 3. The number of nitrogens with zero attached hydrogens (tertiary/aromatic N) is 2. The molecule has 2 N–H and O–H groups in total. The maximum absolute atomic E-state index is 12.5. The van der Waals surface area contributed by atoms with E-state index in [1.54, 1.807) is 6.20 Å². The average molecular weight is 299 g/mol. The highest BCUT2D eigenvalue weighted by atomic mass is 16.3. The number of amides is 1. The maximum Gasteiger partial charge on any atom is 0.255 e. The van der Waals surface area contributed by atoms with E-state index < -0.39 is 6.10 Å². The Labute approximate surface area is 130 Å². The SMILES string of the molecule is Cc1c(C(=O)NC2c3ccccc3CC2O)cnn1C(C)C. The Hall–Kier alpha value is -2.14. The molecule has 0 radical (unpaired) electrons. The number of hydrogen-bond donors (Lipinski definition) is 2. The van der Waals surface area contributed by atoms with E-state index in [-0.39, 0.29) is 18.0 Å². The second-order valence-corrected chi connectivity index (χ2v) is 6.10. The van der Waals surface area contributed by atoms with Crippen LogP contribution in [0.4, 0.5) is 0 Å². The highest BCUT2D eigenvalue weighted by Crippen LogP contribution is 2.31. The van der Waals surface area contributed by atoms with E-state index in [1.807, 2.05) is 49.7 Å². The monoisotopic (exact) mass is 299 g/mol. The van der Waals surface area contributed by atoms with E-state index in [9.17, 15) is 9.90 Å². The zero-order valence-corrected chi connectivity index (χ0v) is 13.1. The molecule has 116 valence electrons.